The fraction of sp³-hybridized carbons (Fsp3) is 0.381. The van der Waals surface area contributed by atoms with Gasteiger partial charge in [0.25, 0.3) is 10.0 Å². The Balaban J connectivity index is 1.42. The van der Waals surface area contributed by atoms with Crippen molar-refractivity contribution >= 4 is 33.3 Å². The topological polar surface area (TPSA) is 95.0 Å². The highest BCUT2D eigenvalue weighted by Crippen LogP contribution is 2.28. The fourth-order valence-electron chi connectivity index (χ4n) is 3.44. The van der Waals surface area contributed by atoms with Crippen LogP contribution in [0.15, 0.2) is 51.9 Å². The normalized spacial score (nSPS) is 18.0. The number of piperazine rings is 1. The van der Waals surface area contributed by atoms with Crippen LogP contribution in [0.1, 0.15) is 26.3 Å². The van der Waals surface area contributed by atoms with Gasteiger partial charge in [-0.15, -0.1) is 4.40 Å². The molecule has 1 N–H and O–H groups in total. The van der Waals surface area contributed by atoms with E-state index in [0.717, 1.165) is 18.8 Å². The third-order valence-corrected chi connectivity index (χ3v) is 6.55. The number of sulfonamides is 1. The third kappa shape index (κ3) is 3.89. The summed E-state index contributed by atoms with van der Waals surface area (Å²) in [6, 6.07) is 10.7. The van der Waals surface area contributed by atoms with Crippen LogP contribution in [0.2, 0.25) is 0 Å². The van der Waals surface area contributed by atoms with E-state index in [-0.39, 0.29) is 10.8 Å². The molecule has 1 fully saturated rings. The second-order valence-electron chi connectivity index (χ2n) is 8.47. The summed E-state index contributed by atoms with van der Waals surface area (Å²) in [5.74, 6) is 0.979. The van der Waals surface area contributed by atoms with Gasteiger partial charge in [0.05, 0.1) is 11.9 Å². The molecule has 30 heavy (non-hydrogen) atoms. The summed E-state index contributed by atoms with van der Waals surface area (Å²) in [5, 5.41) is 2.82. The van der Waals surface area contributed by atoms with E-state index in [2.05, 4.69) is 19.6 Å². The van der Waals surface area contributed by atoms with Crippen molar-refractivity contribution in [3.05, 3.63) is 48.2 Å². The lowest BCUT2D eigenvalue weighted by atomic mass is 9.96. The molecular weight excluding hydrogens is 402 g/mol. The molecule has 1 saturated heterocycles. The van der Waals surface area contributed by atoms with Crippen LogP contribution < -0.4 is 10.2 Å². The van der Waals surface area contributed by atoms with Crippen molar-refractivity contribution in [2.75, 3.05) is 36.4 Å². The number of amides is 1. The molecule has 0 saturated carbocycles. The van der Waals surface area contributed by atoms with Crippen molar-refractivity contribution in [3.63, 3.8) is 0 Å². The molecular formula is C21H25N5O3S. The summed E-state index contributed by atoms with van der Waals surface area (Å²) in [4.78, 5) is 20.9. The SMILES string of the molecule is CC(C)(C)C(=O)Nc1ccc(N2CCN(C3=NS(=O)(=O)c4ccccc43)CC2)cn1. The Hall–Kier alpha value is -2.94. The summed E-state index contributed by atoms with van der Waals surface area (Å²) in [6.07, 6.45) is 1.75. The van der Waals surface area contributed by atoms with E-state index >= 15 is 0 Å². The molecule has 9 heteroatoms. The maximum absolute atomic E-state index is 12.3. The first kappa shape index (κ1) is 20.3. The van der Waals surface area contributed by atoms with Crippen LogP contribution in [0, 0.1) is 5.41 Å². The predicted octanol–water partition coefficient (Wildman–Crippen LogP) is 2.34. The minimum Gasteiger partial charge on any atom is -0.367 e. The Kier molecular flexibility index (Phi) is 5.01. The molecule has 0 bridgehead atoms. The zero-order valence-corrected chi connectivity index (χ0v) is 18.1. The predicted molar refractivity (Wildman–Crippen MR) is 116 cm³/mol. The number of hydrogen-bond donors (Lipinski definition) is 1. The van der Waals surface area contributed by atoms with Crippen LogP contribution in [0.3, 0.4) is 0 Å². The first-order valence-electron chi connectivity index (χ1n) is 9.87. The third-order valence-electron chi connectivity index (χ3n) is 5.23. The van der Waals surface area contributed by atoms with Gasteiger partial charge in [-0.25, -0.2) is 4.98 Å². The van der Waals surface area contributed by atoms with E-state index in [4.69, 9.17) is 0 Å². The Morgan fingerprint density at radius 3 is 2.30 bits per heavy atom. The lowest BCUT2D eigenvalue weighted by Gasteiger charge is -2.37. The van der Waals surface area contributed by atoms with Crippen LogP contribution in [-0.2, 0) is 14.8 Å². The average molecular weight is 428 g/mol. The van der Waals surface area contributed by atoms with Gasteiger partial charge in [0.15, 0.2) is 5.84 Å². The Labute approximate surface area is 176 Å². The van der Waals surface area contributed by atoms with Crippen LogP contribution in [-0.4, -0.2) is 56.2 Å². The van der Waals surface area contributed by atoms with Gasteiger partial charge >= 0.3 is 0 Å². The summed E-state index contributed by atoms with van der Waals surface area (Å²) >= 11 is 0. The van der Waals surface area contributed by atoms with Gasteiger partial charge in [-0.1, -0.05) is 32.9 Å². The van der Waals surface area contributed by atoms with Gasteiger partial charge in [0.2, 0.25) is 5.91 Å². The maximum Gasteiger partial charge on any atom is 0.285 e. The molecule has 0 unspecified atom stereocenters. The van der Waals surface area contributed by atoms with E-state index in [9.17, 15) is 13.2 Å². The molecule has 2 aliphatic rings. The zero-order valence-electron chi connectivity index (χ0n) is 17.3. The van der Waals surface area contributed by atoms with Crippen molar-refractivity contribution in [2.45, 2.75) is 25.7 Å². The fourth-order valence-corrected chi connectivity index (χ4v) is 4.67. The van der Waals surface area contributed by atoms with Crippen molar-refractivity contribution < 1.29 is 13.2 Å². The highest BCUT2D eigenvalue weighted by Gasteiger charge is 2.33. The number of pyridine rings is 1. The van der Waals surface area contributed by atoms with Gasteiger partial charge in [-0.3, -0.25) is 4.79 Å². The second kappa shape index (κ2) is 7.39. The van der Waals surface area contributed by atoms with Crippen LogP contribution in [0.4, 0.5) is 11.5 Å². The molecule has 0 radical (unpaired) electrons. The standard InChI is InChI=1S/C21H25N5O3S/c1-21(2,3)20(27)23-18-9-8-15(14-22-18)25-10-12-26(13-11-25)19-16-6-4-5-7-17(16)30(28,29)24-19/h4-9,14H,10-13H2,1-3H3,(H,22,23,27). The van der Waals surface area contributed by atoms with E-state index in [1.165, 1.54) is 0 Å². The van der Waals surface area contributed by atoms with Crippen LogP contribution in [0.25, 0.3) is 0 Å². The van der Waals surface area contributed by atoms with E-state index in [0.29, 0.717) is 30.3 Å². The van der Waals surface area contributed by atoms with Gasteiger partial charge in [-0.05, 0) is 24.3 Å². The number of carbonyl (C=O) groups excluding carboxylic acids is 1. The average Bonchev–Trinajstić information content (AvgIpc) is 2.99. The number of aromatic nitrogens is 1. The molecule has 3 heterocycles. The van der Waals surface area contributed by atoms with Crippen molar-refractivity contribution in [2.24, 2.45) is 9.81 Å². The summed E-state index contributed by atoms with van der Waals surface area (Å²) in [5.41, 5.74) is 1.16. The van der Waals surface area contributed by atoms with E-state index in [1.54, 1.807) is 30.5 Å². The first-order chi connectivity index (χ1) is 14.1. The van der Waals surface area contributed by atoms with Crippen LogP contribution >= 0.6 is 0 Å². The number of nitrogens with zero attached hydrogens (tertiary/aromatic N) is 4. The summed E-state index contributed by atoms with van der Waals surface area (Å²) < 4.78 is 28.6. The maximum atomic E-state index is 12.3. The minimum atomic E-state index is -3.61. The molecule has 8 nitrogen and oxygen atoms in total. The largest absolute Gasteiger partial charge is 0.367 e. The lowest BCUT2D eigenvalue weighted by molar-refractivity contribution is -0.123. The number of carbonyl (C=O) groups is 1. The van der Waals surface area contributed by atoms with Crippen molar-refractivity contribution in [1.29, 1.82) is 0 Å². The first-order valence-corrected chi connectivity index (χ1v) is 11.3. The molecule has 0 spiro atoms. The summed E-state index contributed by atoms with van der Waals surface area (Å²) in [6.45, 7) is 8.32. The smallest absolute Gasteiger partial charge is 0.285 e. The molecule has 1 aromatic heterocycles. The van der Waals surface area contributed by atoms with Gasteiger partial charge in [-0.2, -0.15) is 8.42 Å². The number of hydrogen-bond acceptors (Lipinski definition) is 6. The Morgan fingerprint density at radius 2 is 1.67 bits per heavy atom. The van der Waals surface area contributed by atoms with Crippen molar-refractivity contribution in [1.82, 2.24) is 9.88 Å². The molecule has 4 rings (SSSR count). The minimum absolute atomic E-state index is 0.0797. The van der Waals surface area contributed by atoms with E-state index < -0.39 is 15.4 Å². The molecule has 0 atom stereocenters. The highest BCUT2D eigenvalue weighted by molar-refractivity contribution is 7.90. The molecule has 1 aromatic carbocycles. The zero-order chi connectivity index (χ0) is 21.5. The highest BCUT2D eigenvalue weighted by atomic mass is 32.2. The van der Waals surface area contributed by atoms with Gasteiger partial charge in [0.1, 0.15) is 10.7 Å². The lowest BCUT2D eigenvalue weighted by Crippen LogP contribution is -2.48. The van der Waals surface area contributed by atoms with Crippen LogP contribution in [0.5, 0.6) is 0 Å². The number of anilines is 2. The number of rotatable bonds is 2. The molecule has 2 aliphatic heterocycles. The monoisotopic (exact) mass is 427 g/mol. The molecule has 0 aliphatic carbocycles. The van der Waals surface area contributed by atoms with E-state index in [1.807, 2.05) is 37.8 Å². The Morgan fingerprint density at radius 1 is 1.00 bits per heavy atom. The quantitative estimate of drug-likeness (QED) is 0.791. The van der Waals surface area contributed by atoms with Crippen molar-refractivity contribution in [3.8, 4) is 0 Å². The molecule has 158 valence electrons. The van der Waals surface area contributed by atoms with Gasteiger partial charge in [0, 0.05) is 37.2 Å². The number of amidine groups is 1. The number of benzene rings is 1. The number of fused-ring (bicyclic) bond motifs is 1. The van der Waals surface area contributed by atoms with Gasteiger partial charge < -0.3 is 15.1 Å². The second-order valence-corrected chi connectivity index (χ2v) is 10.0. The summed E-state index contributed by atoms with van der Waals surface area (Å²) in [7, 11) is -3.61. The molecule has 1 amide bonds. The molecule has 2 aromatic rings. The number of nitrogens with one attached hydrogen (secondary N) is 1. The Bertz CT molecular complexity index is 1100.